The van der Waals surface area contributed by atoms with Crippen LogP contribution in [0.2, 0.25) is 0 Å². The van der Waals surface area contributed by atoms with Crippen molar-refractivity contribution in [1.29, 1.82) is 0 Å². The quantitative estimate of drug-likeness (QED) is 0.0808. The summed E-state index contributed by atoms with van der Waals surface area (Å²) >= 11 is 0. The molecular formula is C68H56B2F12. The van der Waals surface area contributed by atoms with Crippen LogP contribution in [0.3, 0.4) is 0 Å². The van der Waals surface area contributed by atoms with Gasteiger partial charge in [-0.2, -0.15) is 52.7 Å². The molecule has 0 unspecified atom stereocenters. The summed E-state index contributed by atoms with van der Waals surface area (Å²) in [5.41, 5.74) is 3.49. The average Bonchev–Trinajstić information content (AvgIpc) is 0.852. The number of alkyl halides is 12. The zero-order chi connectivity index (χ0) is 59.8. The van der Waals surface area contributed by atoms with Crippen LogP contribution in [0, 0.1) is 83.1 Å². The maximum atomic E-state index is 15.8. The largest absolute Gasteiger partial charge is 0.417 e. The topological polar surface area (TPSA) is 0 Å². The lowest BCUT2D eigenvalue weighted by molar-refractivity contribution is -0.143. The van der Waals surface area contributed by atoms with Gasteiger partial charge in [-0.05, 0) is 151 Å². The van der Waals surface area contributed by atoms with Crippen molar-refractivity contribution in [3.63, 3.8) is 0 Å². The van der Waals surface area contributed by atoms with Crippen molar-refractivity contribution < 1.29 is 52.7 Å². The van der Waals surface area contributed by atoms with Gasteiger partial charge in [0.2, 0.25) is 13.4 Å². The van der Waals surface area contributed by atoms with Gasteiger partial charge in [0.05, 0.1) is 22.3 Å². The molecule has 10 rings (SSSR count). The standard InChI is InChI=1S/C68H56B2F12/c1-33-23-37(5)61(38(6)24-33)69(62-39(7)25-34(2)26-40(62)8)55-31-49(59-51(65(71,72)73)15-13-16-52(59)66(74,75)76)45-20-22-48-56(70(63-41(9)27-35(3)28-42(63)10)64-43(11)29-36(4)30-44(64)12)32-50(46-19-21-47(55)57(45)58(46)48)60-53(67(77,78)79)17-14-18-54(60)68(80,81)82/h13-32H,1-12H3. The van der Waals surface area contributed by atoms with E-state index in [1.54, 1.807) is 12.1 Å². The lowest BCUT2D eigenvalue weighted by Gasteiger charge is -2.30. The van der Waals surface area contributed by atoms with E-state index in [0.29, 0.717) is 69.0 Å². The summed E-state index contributed by atoms with van der Waals surface area (Å²) in [5, 5.41) is 0.525. The Bertz CT molecular complexity index is 3710. The Labute approximate surface area is 469 Å². The molecule has 418 valence electrons. The van der Waals surface area contributed by atoms with E-state index in [0.717, 1.165) is 66.8 Å². The minimum Gasteiger partial charge on any atom is -0.166 e. The Morgan fingerprint density at radius 3 is 0.683 bits per heavy atom. The van der Waals surface area contributed by atoms with Crippen molar-refractivity contribution in [2.45, 2.75) is 108 Å². The lowest BCUT2D eigenvalue weighted by Crippen LogP contribution is -2.56. The van der Waals surface area contributed by atoms with Gasteiger partial charge in [0.25, 0.3) is 0 Å². The summed E-state index contributed by atoms with van der Waals surface area (Å²) in [6.07, 6.45) is -21.4. The van der Waals surface area contributed by atoms with Crippen molar-refractivity contribution in [2.75, 3.05) is 0 Å². The van der Waals surface area contributed by atoms with Crippen molar-refractivity contribution in [2.24, 2.45) is 0 Å². The average molecular weight is 1120 g/mol. The fourth-order valence-electron chi connectivity index (χ4n) is 14.1. The van der Waals surface area contributed by atoms with E-state index in [4.69, 9.17) is 0 Å². The third-order valence-electron chi connectivity index (χ3n) is 16.6. The first-order valence-electron chi connectivity index (χ1n) is 26.8. The van der Waals surface area contributed by atoms with Crippen molar-refractivity contribution >= 4 is 78.5 Å². The Morgan fingerprint density at radius 1 is 0.268 bits per heavy atom. The number of hydrogen-bond acceptors (Lipinski definition) is 0. The highest BCUT2D eigenvalue weighted by atomic mass is 19.4. The summed E-state index contributed by atoms with van der Waals surface area (Å²) < 4.78 is 189. The van der Waals surface area contributed by atoms with Gasteiger partial charge in [0.1, 0.15) is 0 Å². The normalized spacial score (nSPS) is 12.6. The molecule has 0 fully saturated rings. The Hall–Kier alpha value is -7.47. The zero-order valence-electron chi connectivity index (χ0n) is 47.2. The molecule has 10 aromatic rings. The molecule has 14 heteroatoms. The Balaban J connectivity index is 1.56. The summed E-state index contributed by atoms with van der Waals surface area (Å²) in [5.74, 6) is 0. The fourth-order valence-corrected chi connectivity index (χ4v) is 14.1. The number of halogens is 12. The number of hydrogen-bond donors (Lipinski definition) is 0. The molecule has 0 nitrogen and oxygen atoms in total. The third-order valence-corrected chi connectivity index (χ3v) is 16.6. The van der Waals surface area contributed by atoms with Crippen LogP contribution in [0.15, 0.2) is 121 Å². The molecule has 0 saturated heterocycles. The highest BCUT2D eigenvalue weighted by Gasteiger charge is 2.45. The van der Waals surface area contributed by atoms with E-state index in [2.05, 4.69) is 0 Å². The SMILES string of the molecule is Cc1cc(C)c(B(c2c(C)cc(C)cc2C)c2cc(-c3c(C(F)(F)F)cccc3C(F)(F)F)c3ccc4c(B(c5c(C)cc(C)cc5C)c5c(C)cc(C)cc5C)cc(-c5c(C(F)(F)F)cccc5C(F)(F)F)c5ccc2c3c45)c(C)c1. The first-order valence-corrected chi connectivity index (χ1v) is 26.8. The van der Waals surface area contributed by atoms with Gasteiger partial charge in [0.15, 0.2) is 0 Å². The molecule has 0 heterocycles. The molecule has 0 aromatic heterocycles. The summed E-state index contributed by atoms with van der Waals surface area (Å²) in [7, 11) is 0. The van der Waals surface area contributed by atoms with Gasteiger partial charge in [-0.15, -0.1) is 0 Å². The second-order valence-electron chi connectivity index (χ2n) is 22.7. The Morgan fingerprint density at radius 2 is 0.476 bits per heavy atom. The second-order valence-corrected chi connectivity index (χ2v) is 22.7. The van der Waals surface area contributed by atoms with E-state index in [1.165, 1.54) is 24.3 Å². The van der Waals surface area contributed by atoms with Crippen LogP contribution in [0.25, 0.3) is 54.6 Å². The number of aryl methyl sites for hydroxylation is 12. The van der Waals surface area contributed by atoms with Crippen molar-refractivity contribution in [3.05, 3.63) is 210 Å². The molecule has 0 spiro atoms. The monoisotopic (exact) mass is 1120 g/mol. The molecule has 0 radical (unpaired) electrons. The molecular weight excluding hydrogens is 1070 g/mol. The van der Waals surface area contributed by atoms with Gasteiger partial charge in [0, 0.05) is 11.1 Å². The first kappa shape index (κ1) is 57.8. The van der Waals surface area contributed by atoms with Crippen LogP contribution in [0.4, 0.5) is 52.7 Å². The molecule has 0 N–H and O–H groups in total. The van der Waals surface area contributed by atoms with E-state index < -0.39 is 82.6 Å². The zero-order valence-corrected chi connectivity index (χ0v) is 47.2. The molecule has 0 bridgehead atoms. The van der Waals surface area contributed by atoms with Gasteiger partial charge in [-0.25, -0.2) is 0 Å². The van der Waals surface area contributed by atoms with Crippen molar-refractivity contribution in [1.82, 2.24) is 0 Å². The molecule has 0 atom stereocenters. The van der Waals surface area contributed by atoms with Crippen LogP contribution in [-0.4, -0.2) is 13.4 Å². The summed E-state index contributed by atoms with van der Waals surface area (Å²) in [4.78, 5) is 0. The third kappa shape index (κ3) is 9.81. The Kier molecular flexibility index (Phi) is 14.2. The van der Waals surface area contributed by atoms with Gasteiger partial charge >= 0.3 is 24.7 Å². The summed E-state index contributed by atoms with van der Waals surface area (Å²) in [6, 6.07) is 28.2. The van der Waals surface area contributed by atoms with Crippen LogP contribution < -0.4 is 32.8 Å². The molecule has 0 aliphatic heterocycles. The predicted octanol–water partition coefficient (Wildman–Crippen LogP) is 16.7. The second kappa shape index (κ2) is 20.2. The molecule has 0 aliphatic carbocycles. The highest BCUT2D eigenvalue weighted by molar-refractivity contribution is 6.99. The van der Waals surface area contributed by atoms with Gasteiger partial charge in [-0.3, -0.25) is 0 Å². The van der Waals surface area contributed by atoms with E-state index in [1.807, 2.05) is 132 Å². The van der Waals surface area contributed by atoms with Crippen LogP contribution in [0.1, 0.15) is 89.0 Å². The minimum absolute atomic E-state index is 0.0667. The van der Waals surface area contributed by atoms with Crippen LogP contribution in [-0.2, 0) is 24.7 Å². The smallest absolute Gasteiger partial charge is 0.166 e. The lowest BCUT2D eigenvalue weighted by atomic mass is 9.33. The van der Waals surface area contributed by atoms with E-state index >= 15 is 52.7 Å². The molecule has 0 aliphatic rings. The van der Waals surface area contributed by atoms with Gasteiger partial charge < -0.3 is 0 Å². The molecule has 82 heavy (non-hydrogen) atoms. The molecule has 0 amide bonds. The summed E-state index contributed by atoms with van der Waals surface area (Å²) in [6.45, 7) is 20.9. The number of benzene rings is 10. The number of rotatable bonds is 8. The minimum atomic E-state index is -5.36. The first-order chi connectivity index (χ1) is 38.2. The van der Waals surface area contributed by atoms with Crippen molar-refractivity contribution in [3.8, 4) is 22.3 Å². The van der Waals surface area contributed by atoms with Crippen LogP contribution in [0.5, 0.6) is 0 Å². The fraction of sp³-hybridized carbons (Fsp3) is 0.235. The van der Waals surface area contributed by atoms with E-state index in [-0.39, 0.29) is 32.5 Å². The molecule has 10 aromatic carbocycles. The molecule has 0 saturated carbocycles. The predicted molar refractivity (Wildman–Crippen MR) is 313 cm³/mol. The maximum absolute atomic E-state index is 15.8. The van der Waals surface area contributed by atoms with E-state index in [9.17, 15) is 0 Å². The maximum Gasteiger partial charge on any atom is 0.417 e. The van der Waals surface area contributed by atoms with Crippen LogP contribution >= 0.6 is 0 Å². The van der Waals surface area contributed by atoms with Gasteiger partial charge in [-0.1, -0.05) is 197 Å². The highest BCUT2D eigenvalue weighted by Crippen LogP contribution is 2.51.